The Kier molecular flexibility index (Phi) is 7.40. The molecule has 0 saturated carbocycles. The molecule has 25 heavy (non-hydrogen) atoms. The molecule has 0 unspecified atom stereocenters. The molecule has 1 N–H and O–H groups in total. The number of nitrogens with one attached hydrogen (secondary N) is 1. The molecule has 138 valence electrons. The summed E-state index contributed by atoms with van der Waals surface area (Å²) < 4.78 is 5.12. The summed E-state index contributed by atoms with van der Waals surface area (Å²) in [5.41, 5.74) is 2.46. The van der Waals surface area contributed by atoms with Crippen molar-refractivity contribution in [2.24, 2.45) is 5.92 Å². The maximum absolute atomic E-state index is 12.6. The van der Waals surface area contributed by atoms with Crippen molar-refractivity contribution in [1.29, 1.82) is 0 Å². The molecule has 6 heteroatoms. The van der Waals surface area contributed by atoms with Crippen LogP contribution in [0, 0.1) is 5.92 Å². The molecule has 0 aromatic heterocycles. The van der Waals surface area contributed by atoms with Crippen molar-refractivity contribution < 1.29 is 14.3 Å². The lowest BCUT2D eigenvalue weighted by Gasteiger charge is -2.26. The van der Waals surface area contributed by atoms with Crippen molar-refractivity contribution >= 4 is 36.3 Å². The molecule has 1 aromatic carbocycles. The second kappa shape index (κ2) is 9.10. The zero-order valence-electron chi connectivity index (χ0n) is 15.1. The molecule has 0 amide bonds. The maximum Gasteiger partial charge on any atom is 0.344 e. The Morgan fingerprint density at radius 1 is 1.28 bits per heavy atom. The van der Waals surface area contributed by atoms with Crippen LogP contribution in [0.5, 0.6) is 0 Å². The summed E-state index contributed by atoms with van der Waals surface area (Å²) in [7, 11) is 0. The van der Waals surface area contributed by atoms with Gasteiger partial charge in [0.2, 0.25) is 0 Å². The van der Waals surface area contributed by atoms with E-state index in [0.717, 1.165) is 18.5 Å². The number of carbonyl (C=O) groups is 2. The molecule has 1 fully saturated rings. The summed E-state index contributed by atoms with van der Waals surface area (Å²) in [5, 5.41) is 3.25. The molecule has 0 aliphatic carbocycles. The Labute approximate surface area is 159 Å². The summed E-state index contributed by atoms with van der Waals surface area (Å²) in [5.74, 6) is 0.180. The number of hydrogen-bond acceptors (Lipinski definition) is 6. The van der Waals surface area contributed by atoms with Gasteiger partial charge >= 0.3 is 11.9 Å². The third-order valence-electron chi connectivity index (χ3n) is 4.45. The van der Waals surface area contributed by atoms with E-state index in [0.29, 0.717) is 23.8 Å². The molecule has 4 nitrogen and oxygen atoms in total. The number of carbonyl (C=O) groups excluding carboxylic acids is 2. The van der Waals surface area contributed by atoms with Crippen LogP contribution in [0.2, 0.25) is 0 Å². The minimum absolute atomic E-state index is 0.363. The Morgan fingerprint density at radius 3 is 2.48 bits per heavy atom. The van der Waals surface area contributed by atoms with Crippen LogP contribution in [0.15, 0.2) is 24.3 Å². The second-order valence-corrected chi connectivity index (χ2v) is 8.47. The Morgan fingerprint density at radius 2 is 1.96 bits per heavy atom. The first-order chi connectivity index (χ1) is 11.9. The summed E-state index contributed by atoms with van der Waals surface area (Å²) in [6.45, 7) is 6.80. The third kappa shape index (κ3) is 5.25. The fraction of sp³-hybridized carbons (Fsp3) is 0.579. The van der Waals surface area contributed by atoms with E-state index in [1.165, 1.54) is 17.3 Å². The largest absolute Gasteiger partial charge is 0.391 e. The first-order valence-corrected chi connectivity index (χ1v) is 10.3. The molecule has 1 aliphatic heterocycles. The molecule has 1 aliphatic rings. The number of ether oxygens (including phenoxy) is 1. The van der Waals surface area contributed by atoms with E-state index in [2.05, 4.69) is 56.1 Å². The quantitative estimate of drug-likeness (QED) is 0.428. The average Bonchev–Trinajstić information content (AvgIpc) is 3.09. The van der Waals surface area contributed by atoms with E-state index in [1.54, 1.807) is 6.92 Å². The Bertz CT molecular complexity index is 595. The van der Waals surface area contributed by atoms with Gasteiger partial charge in [0.1, 0.15) is 0 Å². The van der Waals surface area contributed by atoms with E-state index in [9.17, 15) is 9.59 Å². The lowest BCUT2D eigenvalue weighted by molar-refractivity contribution is -0.163. The highest BCUT2D eigenvalue weighted by atomic mass is 32.2. The minimum Gasteiger partial charge on any atom is -0.391 e. The fourth-order valence-corrected chi connectivity index (χ4v) is 4.03. The predicted molar refractivity (Wildman–Crippen MR) is 106 cm³/mol. The fourth-order valence-electron chi connectivity index (χ4n) is 2.63. The van der Waals surface area contributed by atoms with Crippen LogP contribution in [-0.2, 0) is 20.1 Å². The molecular formula is C19H27NO3S2. The topological polar surface area (TPSA) is 55.4 Å². The minimum atomic E-state index is -0.831. The van der Waals surface area contributed by atoms with Crippen LogP contribution in [0.1, 0.15) is 50.7 Å². The average molecular weight is 382 g/mol. The van der Waals surface area contributed by atoms with E-state index in [-0.39, 0.29) is 5.92 Å². The molecular weight excluding hydrogens is 354 g/mol. The zero-order valence-corrected chi connectivity index (χ0v) is 16.8. The molecule has 0 radical (unpaired) electrons. The van der Waals surface area contributed by atoms with Gasteiger partial charge in [-0.2, -0.15) is 12.6 Å². The Balaban J connectivity index is 2.02. The van der Waals surface area contributed by atoms with Gasteiger partial charge in [0, 0.05) is 11.5 Å². The number of rotatable bonds is 7. The maximum atomic E-state index is 12.6. The van der Waals surface area contributed by atoms with Crippen LogP contribution >= 0.6 is 24.4 Å². The van der Waals surface area contributed by atoms with Crippen molar-refractivity contribution in [2.45, 2.75) is 50.2 Å². The summed E-state index contributed by atoms with van der Waals surface area (Å²) in [4.78, 5) is 23.7. The number of benzene rings is 1. The smallest absolute Gasteiger partial charge is 0.344 e. The highest BCUT2D eigenvalue weighted by molar-refractivity contribution is 8.00. The molecule has 2 rings (SSSR count). The lowest BCUT2D eigenvalue weighted by atomic mass is 10.0. The predicted octanol–water partition coefficient (Wildman–Crippen LogP) is 3.76. The third-order valence-corrected chi connectivity index (χ3v) is 6.48. The van der Waals surface area contributed by atoms with Gasteiger partial charge in [-0.15, -0.1) is 11.8 Å². The normalized spacial score (nSPS) is 21.3. The van der Waals surface area contributed by atoms with Gasteiger partial charge in [-0.1, -0.05) is 45.0 Å². The summed E-state index contributed by atoms with van der Waals surface area (Å²) in [6, 6.07) is 8.46. The van der Waals surface area contributed by atoms with Crippen LogP contribution < -0.4 is 5.32 Å². The van der Waals surface area contributed by atoms with Crippen LogP contribution in [0.25, 0.3) is 0 Å². The van der Waals surface area contributed by atoms with Crippen molar-refractivity contribution in [3.8, 4) is 0 Å². The SMILES string of the molecule is CC(C)c1ccc(CS[C@@]2(C(=O)OC(=O)[C@H](C)CS)CCCN2)cc1. The summed E-state index contributed by atoms with van der Waals surface area (Å²) >= 11 is 5.60. The second-order valence-electron chi connectivity index (χ2n) is 6.83. The van der Waals surface area contributed by atoms with Gasteiger partial charge < -0.3 is 4.74 Å². The van der Waals surface area contributed by atoms with Gasteiger partial charge in [-0.3, -0.25) is 10.1 Å². The molecule has 0 spiro atoms. The van der Waals surface area contributed by atoms with E-state index in [1.807, 2.05) is 0 Å². The van der Waals surface area contributed by atoms with E-state index in [4.69, 9.17) is 4.74 Å². The number of thiol groups is 1. The van der Waals surface area contributed by atoms with Gasteiger partial charge in [0.05, 0.1) is 5.92 Å². The van der Waals surface area contributed by atoms with E-state index < -0.39 is 16.8 Å². The first-order valence-electron chi connectivity index (χ1n) is 8.73. The monoisotopic (exact) mass is 381 g/mol. The van der Waals surface area contributed by atoms with Crippen LogP contribution in [0.3, 0.4) is 0 Å². The molecule has 1 heterocycles. The Hall–Kier alpha value is -0.980. The lowest BCUT2D eigenvalue weighted by Crippen LogP contribution is -2.47. The zero-order chi connectivity index (χ0) is 18.4. The molecule has 1 saturated heterocycles. The summed E-state index contributed by atoms with van der Waals surface area (Å²) in [6.07, 6.45) is 1.56. The number of hydrogen-bond donors (Lipinski definition) is 2. The standard InChI is InChI=1S/C19H27NO3S2/c1-13(2)16-7-5-15(6-8-16)12-25-19(9-4-10-20-19)18(22)23-17(21)14(3)11-24/h5-8,13-14,20,24H,4,9-12H2,1-3H3/t14-,19-/m1/s1. The van der Waals surface area contributed by atoms with Crippen molar-refractivity contribution in [3.05, 3.63) is 35.4 Å². The first kappa shape index (κ1) is 20.3. The van der Waals surface area contributed by atoms with Gasteiger partial charge in [0.15, 0.2) is 4.87 Å². The highest BCUT2D eigenvalue weighted by Gasteiger charge is 2.44. The van der Waals surface area contributed by atoms with Crippen molar-refractivity contribution in [2.75, 3.05) is 12.3 Å². The molecule has 0 bridgehead atoms. The number of esters is 2. The van der Waals surface area contributed by atoms with Gasteiger partial charge in [-0.25, -0.2) is 4.79 Å². The highest BCUT2D eigenvalue weighted by Crippen LogP contribution is 2.36. The molecule has 2 atom stereocenters. The van der Waals surface area contributed by atoms with Crippen LogP contribution in [0.4, 0.5) is 0 Å². The van der Waals surface area contributed by atoms with Crippen LogP contribution in [-0.4, -0.2) is 29.1 Å². The van der Waals surface area contributed by atoms with Gasteiger partial charge in [0.25, 0.3) is 0 Å². The van der Waals surface area contributed by atoms with E-state index >= 15 is 0 Å². The van der Waals surface area contributed by atoms with Crippen molar-refractivity contribution in [1.82, 2.24) is 5.32 Å². The van der Waals surface area contributed by atoms with Crippen molar-refractivity contribution in [3.63, 3.8) is 0 Å². The van der Waals surface area contributed by atoms with Gasteiger partial charge in [-0.05, 0) is 36.4 Å². The number of thioether (sulfide) groups is 1. The molecule has 1 aromatic rings.